The standard InChI is InChI=1S/C14H20N2O3S/c1-8-11(13(17)16(3)9(2)14(18)19)20-12(15-8)10-6-4-5-7-10/h9-10H,4-7H2,1-3H3,(H,18,19)/t9-/m0/s1. The van der Waals surface area contributed by atoms with Gasteiger partial charge in [-0.3, -0.25) is 4.79 Å². The molecule has 0 aromatic carbocycles. The van der Waals surface area contributed by atoms with E-state index >= 15 is 0 Å². The normalized spacial score (nSPS) is 17.1. The van der Waals surface area contributed by atoms with Crippen molar-refractivity contribution in [2.75, 3.05) is 7.05 Å². The van der Waals surface area contributed by atoms with Gasteiger partial charge in [-0.05, 0) is 26.7 Å². The van der Waals surface area contributed by atoms with Crippen molar-refractivity contribution in [2.45, 2.75) is 51.5 Å². The average Bonchev–Trinajstić information content (AvgIpc) is 3.04. The minimum absolute atomic E-state index is 0.251. The molecule has 1 aromatic heterocycles. The Hall–Kier alpha value is -1.43. The molecule has 0 saturated heterocycles. The number of amides is 1. The van der Waals surface area contributed by atoms with Crippen LogP contribution in [0.1, 0.15) is 58.9 Å². The van der Waals surface area contributed by atoms with Crippen molar-refractivity contribution in [3.8, 4) is 0 Å². The number of aryl methyl sites for hydroxylation is 1. The summed E-state index contributed by atoms with van der Waals surface area (Å²) >= 11 is 1.43. The molecule has 1 aromatic rings. The van der Waals surface area contributed by atoms with Gasteiger partial charge in [-0.1, -0.05) is 12.8 Å². The van der Waals surface area contributed by atoms with Gasteiger partial charge in [-0.15, -0.1) is 11.3 Å². The predicted molar refractivity (Wildman–Crippen MR) is 77.3 cm³/mol. The lowest BCUT2D eigenvalue weighted by atomic mass is 10.1. The first-order valence-corrected chi connectivity index (χ1v) is 7.70. The quantitative estimate of drug-likeness (QED) is 0.927. The van der Waals surface area contributed by atoms with Gasteiger partial charge in [0.25, 0.3) is 5.91 Å². The summed E-state index contributed by atoms with van der Waals surface area (Å²) in [6.45, 7) is 3.33. The lowest BCUT2D eigenvalue weighted by molar-refractivity contribution is -0.141. The maximum Gasteiger partial charge on any atom is 0.326 e. The zero-order valence-electron chi connectivity index (χ0n) is 12.0. The third kappa shape index (κ3) is 2.85. The van der Waals surface area contributed by atoms with Crippen LogP contribution in [0.4, 0.5) is 0 Å². The zero-order chi connectivity index (χ0) is 14.9. The molecule has 0 radical (unpaired) electrons. The van der Waals surface area contributed by atoms with Crippen molar-refractivity contribution in [3.63, 3.8) is 0 Å². The molecular formula is C14H20N2O3S. The number of aliphatic carboxylic acids is 1. The van der Waals surface area contributed by atoms with E-state index in [0.29, 0.717) is 16.5 Å². The van der Waals surface area contributed by atoms with Crippen molar-refractivity contribution in [1.82, 2.24) is 9.88 Å². The van der Waals surface area contributed by atoms with E-state index < -0.39 is 12.0 Å². The van der Waals surface area contributed by atoms with Gasteiger partial charge in [-0.2, -0.15) is 0 Å². The van der Waals surface area contributed by atoms with Crippen LogP contribution in [0.2, 0.25) is 0 Å². The van der Waals surface area contributed by atoms with Crippen LogP contribution in [0, 0.1) is 6.92 Å². The van der Waals surface area contributed by atoms with Crippen molar-refractivity contribution in [1.29, 1.82) is 0 Å². The summed E-state index contributed by atoms with van der Waals surface area (Å²) in [5.41, 5.74) is 0.714. The molecule has 1 aliphatic carbocycles. The van der Waals surface area contributed by atoms with Gasteiger partial charge in [0.2, 0.25) is 0 Å². The number of carboxylic acid groups (broad SMARTS) is 1. The van der Waals surface area contributed by atoms with Crippen LogP contribution in [0.3, 0.4) is 0 Å². The Morgan fingerprint density at radius 3 is 2.55 bits per heavy atom. The predicted octanol–water partition coefficient (Wildman–Crippen LogP) is 2.65. The fraction of sp³-hybridized carbons (Fsp3) is 0.643. The molecule has 0 unspecified atom stereocenters. The molecule has 2 rings (SSSR count). The number of carbonyl (C=O) groups is 2. The van der Waals surface area contributed by atoms with Crippen molar-refractivity contribution in [2.24, 2.45) is 0 Å². The molecule has 20 heavy (non-hydrogen) atoms. The molecule has 0 bridgehead atoms. The smallest absolute Gasteiger partial charge is 0.326 e. The van der Waals surface area contributed by atoms with Crippen LogP contribution in [0.25, 0.3) is 0 Å². The summed E-state index contributed by atoms with van der Waals surface area (Å²) in [4.78, 5) is 29.7. The lowest BCUT2D eigenvalue weighted by Crippen LogP contribution is -2.40. The van der Waals surface area contributed by atoms with Gasteiger partial charge in [0.1, 0.15) is 10.9 Å². The van der Waals surface area contributed by atoms with Crippen molar-refractivity contribution in [3.05, 3.63) is 15.6 Å². The Labute approximate surface area is 122 Å². The van der Waals surface area contributed by atoms with Crippen LogP contribution >= 0.6 is 11.3 Å². The molecule has 110 valence electrons. The number of hydrogen-bond donors (Lipinski definition) is 1. The molecule has 0 spiro atoms. The topological polar surface area (TPSA) is 70.5 Å². The lowest BCUT2D eigenvalue weighted by Gasteiger charge is -2.20. The molecule has 1 atom stereocenters. The highest BCUT2D eigenvalue weighted by Gasteiger charge is 2.28. The molecule has 6 heteroatoms. The summed E-state index contributed by atoms with van der Waals surface area (Å²) < 4.78 is 0. The number of nitrogens with zero attached hydrogens (tertiary/aromatic N) is 2. The fourth-order valence-electron chi connectivity index (χ4n) is 2.46. The Morgan fingerprint density at radius 1 is 1.40 bits per heavy atom. The van der Waals surface area contributed by atoms with E-state index in [9.17, 15) is 9.59 Å². The monoisotopic (exact) mass is 296 g/mol. The number of carbonyl (C=O) groups excluding carboxylic acids is 1. The highest BCUT2D eigenvalue weighted by atomic mass is 32.1. The number of thiazole rings is 1. The maximum absolute atomic E-state index is 12.4. The van der Waals surface area contributed by atoms with Crippen LogP contribution < -0.4 is 0 Å². The number of aromatic nitrogens is 1. The highest BCUT2D eigenvalue weighted by Crippen LogP contribution is 2.37. The summed E-state index contributed by atoms with van der Waals surface area (Å²) in [6, 6.07) is -0.834. The zero-order valence-corrected chi connectivity index (χ0v) is 12.9. The highest BCUT2D eigenvalue weighted by molar-refractivity contribution is 7.13. The third-order valence-electron chi connectivity index (χ3n) is 3.97. The molecule has 1 saturated carbocycles. The number of likely N-dealkylation sites (N-methyl/N-ethyl adjacent to an activating group) is 1. The molecule has 1 amide bonds. The summed E-state index contributed by atoms with van der Waals surface area (Å²) in [7, 11) is 1.52. The maximum atomic E-state index is 12.4. The summed E-state index contributed by atoms with van der Waals surface area (Å²) in [5.74, 6) is -0.777. The Balaban J connectivity index is 2.19. The largest absolute Gasteiger partial charge is 0.480 e. The second-order valence-electron chi connectivity index (χ2n) is 5.38. The number of hydrogen-bond acceptors (Lipinski definition) is 4. The summed E-state index contributed by atoms with van der Waals surface area (Å²) in [5, 5.41) is 10.0. The Bertz CT molecular complexity index is 520. The van der Waals surface area contributed by atoms with Crippen molar-refractivity contribution < 1.29 is 14.7 Å². The number of carboxylic acids is 1. The molecule has 5 nitrogen and oxygen atoms in total. The molecule has 1 fully saturated rings. The van der Waals surface area contributed by atoms with E-state index in [1.54, 1.807) is 0 Å². The van der Waals surface area contributed by atoms with E-state index in [1.807, 2.05) is 6.92 Å². The summed E-state index contributed by atoms with van der Waals surface area (Å²) in [6.07, 6.45) is 4.73. The van der Waals surface area contributed by atoms with Gasteiger partial charge in [0, 0.05) is 13.0 Å². The van der Waals surface area contributed by atoms with Crippen molar-refractivity contribution >= 4 is 23.2 Å². The first-order chi connectivity index (χ1) is 9.41. The molecule has 1 heterocycles. The van der Waals surface area contributed by atoms with Gasteiger partial charge in [0.15, 0.2) is 0 Å². The van der Waals surface area contributed by atoms with E-state index in [4.69, 9.17) is 5.11 Å². The van der Waals surface area contributed by atoms with Gasteiger partial charge >= 0.3 is 5.97 Å². The first kappa shape index (κ1) is 15.0. The van der Waals surface area contributed by atoms with E-state index in [2.05, 4.69) is 4.98 Å². The average molecular weight is 296 g/mol. The van der Waals surface area contributed by atoms with Crippen LogP contribution in [0.5, 0.6) is 0 Å². The molecule has 1 N–H and O–H groups in total. The Kier molecular flexibility index (Phi) is 4.42. The minimum atomic E-state index is -1.00. The molecule has 0 aliphatic heterocycles. The van der Waals surface area contributed by atoms with Crippen LogP contribution in [0.15, 0.2) is 0 Å². The molecule has 1 aliphatic rings. The van der Waals surface area contributed by atoms with Gasteiger partial charge in [-0.25, -0.2) is 9.78 Å². The fourth-order valence-corrected chi connectivity index (χ4v) is 3.68. The van der Waals surface area contributed by atoms with E-state index in [0.717, 1.165) is 17.8 Å². The molecular weight excluding hydrogens is 276 g/mol. The SMILES string of the molecule is Cc1nc(C2CCCC2)sc1C(=O)N(C)[C@@H](C)C(=O)O. The van der Waals surface area contributed by atoms with Crippen LogP contribution in [-0.2, 0) is 4.79 Å². The Morgan fingerprint density at radius 2 is 2.00 bits per heavy atom. The van der Waals surface area contributed by atoms with E-state index in [1.165, 1.54) is 43.0 Å². The first-order valence-electron chi connectivity index (χ1n) is 6.89. The van der Waals surface area contributed by atoms with Gasteiger partial charge in [0.05, 0.1) is 10.7 Å². The van der Waals surface area contributed by atoms with Crippen LogP contribution in [-0.4, -0.2) is 40.0 Å². The number of rotatable bonds is 4. The second kappa shape index (κ2) is 5.91. The van der Waals surface area contributed by atoms with E-state index in [-0.39, 0.29) is 5.91 Å². The van der Waals surface area contributed by atoms with Gasteiger partial charge < -0.3 is 10.0 Å². The second-order valence-corrected chi connectivity index (χ2v) is 6.41. The minimum Gasteiger partial charge on any atom is -0.480 e. The third-order valence-corrected chi connectivity index (χ3v) is 5.28.